The Morgan fingerprint density at radius 1 is 1.37 bits per heavy atom. The number of rotatable bonds is 7. The topological polar surface area (TPSA) is 46.2 Å². The van der Waals surface area contributed by atoms with E-state index in [0.717, 1.165) is 5.56 Å². The zero-order valence-electron chi connectivity index (χ0n) is 11.7. The quantitative estimate of drug-likeness (QED) is 0.838. The van der Waals surface area contributed by atoms with Gasteiger partial charge in [-0.25, -0.2) is 12.8 Å². The van der Waals surface area contributed by atoms with E-state index in [4.69, 9.17) is 0 Å². The minimum absolute atomic E-state index is 0.0119. The molecule has 1 rings (SSSR count). The summed E-state index contributed by atoms with van der Waals surface area (Å²) in [5, 5.41) is 3.11. The van der Waals surface area contributed by atoms with Crippen molar-refractivity contribution >= 4 is 9.84 Å². The molecule has 1 N–H and O–H groups in total. The maximum atomic E-state index is 13.5. The number of nitrogens with one attached hydrogen (secondary N) is 1. The first-order chi connectivity index (χ1) is 8.89. The molecule has 0 bridgehead atoms. The summed E-state index contributed by atoms with van der Waals surface area (Å²) < 4.78 is 36.4. The molecule has 1 aromatic rings. The van der Waals surface area contributed by atoms with Crippen LogP contribution in [0.15, 0.2) is 18.2 Å². The van der Waals surface area contributed by atoms with E-state index in [1.807, 2.05) is 6.07 Å². The predicted molar refractivity (Wildman–Crippen MR) is 76.5 cm³/mol. The smallest absolute Gasteiger partial charge is 0.150 e. The maximum absolute atomic E-state index is 13.5. The Labute approximate surface area is 115 Å². The molecule has 0 radical (unpaired) electrons. The summed E-state index contributed by atoms with van der Waals surface area (Å²) in [6, 6.07) is 5.14. The summed E-state index contributed by atoms with van der Waals surface area (Å²) in [7, 11) is -1.12. The Hall–Kier alpha value is -0.940. The highest BCUT2D eigenvalue weighted by atomic mass is 32.2. The molecular weight excluding hydrogens is 265 g/mol. The largest absolute Gasteiger partial charge is 0.313 e. The molecule has 19 heavy (non-hydrogen) atoms. The van der Waals surface area contributed by atoms with Gasteiger partial charge in [0.15, 0.2) is 0 Å². The van der Waals surface area contributed by atoms with Gasteiger partial charge < -0.3 is 5.32 Å². The van der Waals surface area contributed by atoms with E-state index in [2.05, 4.69) is 5.32 Å². The van der Waals surface area contributed by atoms with Crippen molar-refractivity contribution in [1.29, 1.82) is 0 Å². The molecule has 1 aromatic carbocycles. The van der Waals surface area contributed by atoms with Crippen molar-refractivity contribution in [3.8, 4) is 0 Å². The average Bonchev–Trinajstić information content (AvgIpc) is 2.38. The first-order valence-corrected chi connectivity index (χ1v) is 8.35. The lowest BCUT2D eigenvalue weighted by Gasteiger charge is -2.17. The molecule has 3 nitrogen and oxygen atoms in total. The number of sulfone groups is 1. The van der Waals surface area contributed by atoms with Gasteiger partial charge in [-0.05, 0) is 44.0 Å². The fourth-order valence-corrected chi connectivity index (χ4v) is 2.85. The minimum atomic E-state index is -2.92. The summed E-state index contributed by atoms with van der Waals surface area (Å²) in [5.41, 5.74) is 1.48. The van der Waals surface area contributed by atoms with E-state index in [9.17, 15) is 12.8 Å². The molecule has 0 heterocycles. The van der Waals surface area contributed by atoms with Crippen LogP contribution in [-0.4, -0.2) is 27.0 Å². The predicted octanol–water partition coefficient (Wildman–Crippen LogP) is 2.61. The first kappa shape index (κ1) is 16.1. The molecule has 0 spiro atoms. The van der Waals surface area contributed by atoms with Crippen molar-refractivity contribution in [1.82, 2.24) is 5.32 Å². The van der Waals surface area contributed by atoms with Crippen molar-refractivity contribution in [2.45, 2.75) is 32.7 Å². The second-order valence-corrected chi connectivity index (χ2v) is 7.20. The Morgan fingerprint density at radius 3 is 2.58 bits per heavy atom. The molecule has 0 aromatic heterocycles. The van der Waals surface area contributed by atoms with Gasteiger partial charge in [-0.3, -0.25) is 0 Å². The molecule has 1 unspecified atom stereocenters. The molecule has 108 valence electrons. The van der Waals surface area contributed by atoms with Gasteiger partial charge in [0.25, 0.3) is 0 Å². The summed E-state index contributed by atoms with van der Waals surface area (Å²) in [5.74, 6) is 0.144. The summed E-state index contributed by atoms with van der Waals surface area (Å²) in [6.45, 7) is 3.38. The Balaban J connectivity index is 2.66. The van der Waals surface area contributed by atoms with Crippen LogP contribution >= 0.6 is 0 Å². The van der Waals surface area contributed by atoms with E-state index >= 15 is 0 Å². The van der Waals surface area contributed by atoms with Gasteiger partial charge in [0.1, 0.15) is 15.7 Å². The molecule has 0 aliphatic carbocycles. The molecule has 1 atom stereocenters. The lowest BCUT2D eigenvalue weighted by Crippen LogP contribution is -2.18. The number of hydrogen-bond acceptors (Lipinski definition) is 3. The highest BCUT2D eigenvalue weighted by Gasteiger charge is 2.13. The van der Waals surface area contributed by atoms with Crippen LogP contribution in [0.25, 0.3) is 0 Å². The van der Waals surface area contributed by atoms with Gasteiger partial charge in [0.05, 0.1) is 5.75 Å². The molecule has 5 heteroatoms. The van der Waals surface area contributed by atoms with Crippen LogP contribution in [0.2, 0.25) is 0 Å². The first-order valence-electron chi connectivity index (χ1n) is 6.53. The van der Waals surface area contributed by atoms with E-state index in [1.165, 1.54) is 6.07 Å². The van der Waals surface area contributed by atoms with E-state index < -0.39 is 9.84 Å². The molecule has 0 aliphatic heterocycles. The van der Waals surface area contributed by atoms with Crippen LogP contribution in [0.1, 0.15) is 36.9 Å². The number of benzene rings is 1. The molecule has 0 amide bonds. The lowest BCUT2D eigenvalue weighted by atomic mass is 10.0. The van der Waals surface area contributed by atoms with Gasteiger partial charge >= 0.3 is 0 Å². The third-order valence-corrected chi connectivity index (χ3v) is 5.13. The van der Waals surface area contributed by atoms with E-state index in [0.29, 0.717) is 18.4 Å². The second kappa shape index (κ2) is 7.01. The van der Waals surface area contributed by atoms with Crippen molar-refractivity contribution in [3.05, 3.63) is 35.1 Å². The molecule has 0 aliphatic rings. The summed E-state index contributed by atoms with van der Waals surface area (Å²) >= 11 is 0. The van der Waals surface area contributed by atoms with Crippen molar-refractivity contribution in [3.63, 3.8) is 0 Å². The zero-order chi connectivity index (χ0) is 14.5. The molecule has 0 saturated carbocycles. The van der Waals surface area contributed by atoms with Crippen LogP contribution in [0.4, 0.5) is 4.39 Å². The Kier molecular flexibility index (Phi) is 5.94. The van der Waals surface area contributed by atoms with Gasteiger partial charge in [-0.1, -0.05) is 19.1 Å². The van der Waals surface area contributed by atoms with Crippen LogP contribution in [0.5, 0.6) is 0 Å². The van der Waals surface area contributed by atoms with Crippen LogP contribution in [0, 0.1) is 12.7 Å². The second-order valence-electron chi connectivity index (χ2n) is 4.73. The lowest BCUT2D eigenvalue weighted by molar-refractivity contribution is 0.529. The van der Waals surface area contributed by atoms with E-state index in [1.54, 1.807) is 27.0 Å². The third-order valence-electron chi connectivity index (χ3n) is 3.33. The Bertz CT molecular complexity index is 514. The fourth-order valence-electron chi connectivity index (χ4n) is 1.96. The summed E-state index contributed by atoms with van der Waals surface area (Å²) in [6.07, 6.45) is 1.26. The van der Waals surface area contributed by atoms with Crippen LogP contribution in [0.3, 0.4) is 0 Å². The highest BCUT2D eigenvalue weighted by Crippen LogP contribution is 2.21. The van der Waals surface area contributed by atoms with Crippen molar-refractivity contribution < 1.29 is 12.8 Å². The van der Waals surface area contributed by atoms with Gasteiger partial charge in [0.2, 0.25) is 0 Å². The SMILES string of the molecule is CCS(=O)(=O)CCCC(NC)c1ccc(C)c(F)c1. The number of halogens is 1. The van der Waals surface area contributed by atoms with Crippen LogP contribution in [-0.2, 0) is 9.84 Å². The maximum Gasteiger partial charge on any atom is 0.150 e. The zero-order valence-corrected chi connectivity index (χ0v) is 12.6. The monoisotopic (exact) mass is 287 g/mol. The summed E-state index contributed by atoms with van der Waals surface area (Å²) in [4.78, 5) is 0. The normalized spacial score (nSPS) is 13.5. The van der Waals surface area contributed by atoms with Crippen molar-refractivity contribution in [2.24, 2.45) is 0 Å². The molecule has 0 saturated heterocycles. The van der Waals surface area contributed by atoms with Gasteiger partial charge in [-0.15, -0.1) is 0 Å². The van der Waals surface area contributed by atoms with Crippen molar-refractivity contribution in [2.75, 3.05) is 18.6 Å². The van der Waals surface area contributed by atoms with E-state index in [-0.39, 0.29) is 23.4 Å². The number of hydrogen-bond donors (Lipinski definition) is 1. The number of aryl methyl sites for hydroxylation is 1. The fraction of sp³-hybridized carbons (Fsp3) is 0.571. The highest BCUT2D eigenvalue weighted by molar-refractivity contribution is 7.91. The minimum Gasteiger partial charge on any atom is -0.313 e. The molecule has 0 fully saturated rings. The third kappa shape index (κ3) is 4.91. The average molecular weight is 287 g/mol. The van der Waals surface area contributed by atoms with Gasteiger partial charge in [-0.2, -0.15) is 0 Å². The molecular formula is C14H22FNO2S. The van der Waals surface area contributed by atoms with Gasteiger partial charge in [0, 0.05) is 11.8 Å². The van der Waals surface area contributed by atoms with Crippen LogP contribution < -0.4 is 5.32 Å². The standard InChI is InChI=1S/C14H22FNO2S/c1-4-19(17,18)9-5-6-14(16-3)12-8-7-11(2)13(15)10-12/h7-8,10,14,16H,4-6,9H2,1-3H3. The Morgan fingerprint density at radius 2 is 2.05 bits per heavy atom.